The molecule has 0 saturated carbocycles. The summed E-state index contributed by atoms with van der Waals surface area (Å²) in [5.41, 5.74) is 2.69. The minimum absolute atomic E-state index is 0.0287. The first-order valence-corrected chi connectivity index (χ1v) is 6.75. The topological polar surface area (TPSA) is 12.9 Å². The molecule has 0 aliphatic heterocycles. The lowest BCUT2D eigenvalue weighted by atomic mass is 9.84. The number of halogens is 2. The van der Waals surface area contributed by atoms with Crippen molar-refractivity contribution in [2.24, 2.45) is 0 Å². The molecule has 1 aromatic rings. The summed E-state index contributed by atoms with van der Waals surface area (Å²) in [5.74, 6) is -2.29. The van der Waals surface area contributed by atoms with E-state index in [1.54, 1.807) is 6.07 Å². The van der Waals surface area contributed by atoms with Crippen LogP contribution in [0.5, 0.6) is 0 Å². The Bertz CT molecular complexity index is 450. The maximum absolute atomic E-state index is 14.1. The molecule has 2 rings (SSSR count). The number of alkyl halides is 2. The Morgan fingerprint density at radius 1 is 1.17 bits per heavy atom. The van der Waals surface area contributed by atoms with Gasteiger partial charge in [-0.3, -0.25) is 4.98 Å². The predicted molar refractivity (Wildman–Crippen MR) is 69.2 cm³/mol. The number of hydrogen-bond donors (Lipinski definition) is 0. The standard InChI is InChI=1S/C15H21F2N/c1-9(2)13-8-12-11(14(18-13)10(3)4)6-5-7-15(12,16)17/h8-10H,5-7H2,1-4H3. The molecular weight excluding hydrogens is 232 g/mol. The molecule has 1 heterocycles. The zero-order chi connectivity index (χ0) is 13.5. The average Bonchev–Trinajstić information content (AvgIpc) is 2.27. The highest BCUT2D eigenvalue weighted by atomic mass is 19.3. The molecule has 1 aromatic heterocycles. The van der Waals surface area contributed by atoms with E-state index in [1.807, 2.05) is 27.7 Å². The van der Waals surface area contributed by atoms with Crippen molar-refractivity contribution in [2.75, 3.05) is 0 Å². The number of fused-ring (bicyclic) bond motifs is 1. The van der Waals surface area contributed by atoms with E-state index in [-0.39, 0.29) is 23.8 Å². The monoisotopic (exact) mass is 253 g/mol. The Hall–Kier alpha value is -0.990. The highest BCUT2D eigenvalue weighted by Gasteiger charge is 2.38. The van der Waals surface area contributed by atoms with Crippen molar-refractivity contribution in [2.45, 2.75) is 64.7 Å². The third-order valence-corrected chi connectivity index (χ3v) is 3.63. The number of rotatable bonds is 2. The number of hydrogen-bond acceptors (Lipinski definition) is 1. The fraction of sp³-hybridized carbons (Fsp3) is 0.667. The molecule has 1 nitrogen and oxygen atoms in total. The van der Waals surface area contributed by atoms with Crippen LogP contribution in [0.4, 0.5) is 8.78 Å². The van der Waals surface area contributed by atoms with E-state index >= 15 is 0 Å². The van der Waals surface area contributed by atoms with Gasteiger partial charge in [0.1, 0.15) is 0 Å². The van der Waals surface area contributed by atoms with Gasteiger partial charge in [0.15, 0.2) is 0 Å². The van der Waals surface area contributed by atoms with Crippen LogP contribution in [-0.4, -0.2) is 4.98 Å². The molecule has 0 radical (unpaired) electrons. The van der Waals surface area contributed by atoms with E-state index in [2.05, 4.69) is 4.98 Å². The van der Waals surface area contributed by atoms with E-state index < -0.39 is 5.92 Å². The van der Waals surface area contributed by atoms with Crippen molar-refractivity contribution < 1.29 is 8.78 Å². The summed E-state index contributed by atoms with van der Waals surface area (Å²) >= 11 is 0. The first-order valence-electron chi connectivity index (χ1n) is 6.75. The predicted octanol–water partition coefficient (Wildman–Crippen LogP) is 4.76. The normalized spacial score (nSPS) is 18.2. The van der Waals surface area contributed by atoms with Crippen LogP contribution in [0.25, 0.3) is 0 Å². The van der Waals surface area contributed by atoms with E-state index in [4.69, 9.17) is 0 Å². The Morgan fingerprint density at radius 3 is 2.39 bits per heavy atom. The molecule has 100 valence electrons. The molecule has 3 heteroatoms. The van der Waals surface area contributed by atoms with Crippen molar-refractivity contribution in [1.29, 1.82) is 0 Å². The summed E-state index contributed by atoms with van der Waals surface area (Å²) < 4.78 is 28.1. The van der Waals surface area contributed by atoms with Crippen molar-refractivity contribution in [1.82, 2.24) is 4.98 Å². The summed E-state index contributed by atoms with van der Waals surface area (Å²) in [7, 11) is 0. The van der Waals surface area contributed by atoms with Crippen LogP contribution in [0.2, 0.25) is 0 Å². The highest BCUT2D eigenvalue weighted by molar-refractivity contribution is 5.40. The first-order chi connectivity index (χ1) is 8.33. The second kappa shape index (κ2) is 4.60. The minimum atomic E-state index is -2.68. The van der Waals surface area contributed by atoms with Gasteiger partial charge in [0.05, 0.1) is 0 Å². The van der Waals surface area contributed by atoms with Crippen LogP contribution < -0.4 is 0 Å². The highest BCUT2D eigenvalue weighted by Crippen LogP contribution is 2.42. The molecule has 0 bridgehead atoms. The second-order valence-corrected chi connectivity index (χ2v) is 5.83. The fourth-order valence-electron chi connectivity index (χ4n) is 2.60. The minimum Gasteiger partial charge on any atom is -0.257 e. The largest absolute Gasteiger partial charge is 0.273 e. The lowest BCUT2D eigenvalue weighted by Crippen LogP contribution is -2.24. The maximum Gasteiger partial charge on any atom is 0.273 e. The van der Waals surface area contributed by atoms with Crippen LogP contribution in [0.3, 0.4) is 0 Å². The molecule has 1 aliphatic rings. The molecular formula is C15H21F2N. The molecule has 0 fully saturated rings. The van der Waals surface area contributed by atoms with Gasteiger partial charge in [0.2, 0.25) is 0 Å². The van der Waals surface area contributed by atoms with E-state index in [0.717, 1.165) is 23.4 Å². The summed E-state index contributed by atoms with van der Waals surface area (Å²) in [6.07, 6.45) is 1.27. The van der Waals surface area contributed by atoms with Crippen LogP contribution in [0.15, 0.2) is 6.07 Å². The van der Waals surface area contributed by atoms with Crippen molar-refractivity contribution in [3.05, 3.63) is 28.6 Å². The van der Waals surface area contributed by atoms with Crippen molar-refractivity contribution in [3.8, 4) is 0 Å². The summed E-state index contributed by atoms with van der Waals surface area (Å²) in [6.45, 7) is 8.05. The summed E-state index contributed by atoms with van der Waals surface area (Å²) in [5, 5.41) is 0. The third kappa shape index (κ3) is 2.27. The maximum atomic E-state index is 14.1. The van der Waals surface area contributed by atoms with Gasteiger partial charge in [-0.15, -0.1) is 0 Å². The van der Waals surface area contributed by atoms with Crippen LogP contribution >= 0.6 is 0 Å². The van der Waals surface area contributed by atoms with Crippen LogP contribution in [0, 0.1) is 0 Å². The van der Waals surface area contributed by atoms with E-state index in [1.165, 1.54) is 0 Å². The van der Waals surface area contributed by atoms with Crippen molar-refractivity contribution in [3.63, 3.8) is 0 Å². The summed E-state index contributed by atoms with van der Waals surface area (Å²) in [6, 6.07) is 1.63. The molecule has 0 amide bonds. The van der Waals surface area contributed by atoms with Gasteiger partial charge < -0.3 is 0 Å². The SMILES string of the molecule is CC(C)c1cc2c(c(C(C)C)n1)CCCC2(F)F. The van der Waals surface area contributed by atoms with Crippen molar-refractivity contribution >= 4 is 0 Å². The zero-order valence-electron chi connectivity index (χ0n) is 11.6. The zero-order valence-corrected chi connectivity index (χ0v) is 11.6. The quantitative estimate of drug-likeness (QED) is 0.740. The van der Waals surface area contributed by atoms with E-state index in [0.29, 0.717) is 6.42 Å². The number of pyridine rings is 1. The van der Waals surface area contributed by atoms with Gasteiger partial charge in [-0.05, 0) is 36.3 Å². The Morgan fingerprint density at radius 2 is 1.83 bits per heavy atom. The Labute approximate surface area is 108 Å². The van der Waals surface area contributed by atoms with Crippen LogP contribution in [0.1, 0.15) is 74.9 Å². The molecule has 18 heavy (non-hydrogen) atoms. The molecule has 0 saturated heterocycles. The lowest BCUT2D eigenvalue weighted by molar-refractivity contribution is -0.0221. The van der Waals surface area contributed by atoms with Gasteiger partial charge >= 0.3 is 0 Å². The van der Waals surface area contributed by atoms with Gasteiger partial charge in [0.25, 0.3) is 5.92 Å². The van der Waals surface area contributed by atoms with Gasteiger partial charge in [-0.25, -0.2) is 8.78 Å². The fourth-order valence-corrected chi connectivity index (χ4v) is 2.60. The third-order valence-electron chi connectivity index (χ3n) is 3.63. The van der Waals surface area contributed by atoms with Gasteiger partial charge in [-0.1, -0.05) is 27.7 Å². The molecule has 1 aliphatic carbocycles. The van der Waals surface area contributed by atoms with Gasteiger partial charge in [-0.2, -0.15) is 0 Å². The first kappa shape index (κ1) is 13.4. The smallest absolute Gasteiger partial charge is 0.257 e. The van der Waals surface area contributed by atoms with E-state index in [9.17, 15) is 8.78 Å². The number of aromatic nitrogens is 1. The lowest BCUT2D eigenvalue weighted by Gasteiger charge is -2.29. The Kier molecular flexibility index (Phi) is 3.43. The molecule has 0 aromatic carbocycles. The molecule has 0 N–H and O–H groups in total. The van der Waals surface area contributed by atoms with Crippen LogP contribution in [-0.2, 0) is 12.3 Å². The molecule has 0 atom stereocenters. The second-order valence-electron chi connectivity index (χ2n) is 5.83. The number of nitrogens with zero attached hydrogens (tertiary/aromatic N) is 1. The van der Waals surface area contributed by atoms with Gasteiger partial charge in [0, 0.05) is 23.4 Å². The summed E-state index contributed by atoms with van der Waals surface area (Å²) in [4.78, 5) is 4.62. The Balaban J connectivity index is 2.65. The average molecular weight is 253 g/mol. The molecule has 0 spiro atoms. The molecule has 0 unspecified atom stereocenters.